The lowest BCUT2D eigenvalue weighted by atomic mass is 9.98. The third-order valence-electron chi connectivity index (χ3n) is 6.46. The molecule has 0 bridgehead atoms. The Morgan fingerprint density at radius 3 is 2.40 bits per heavy atom. The van der Waals surface area contributed by atoms with E-state index in [9.17, 15) is 14.4 Å². The zero-order chi connectivity index (χ0) is 24.4. The van der Waals surface area contributed by atoms with Crippen molar-refractivity contribution in [2.75, 3.05) is 13.2 Å². The Bertz CT molecular complexity index is 1230. The standard InChI is InChI=1S/C26H25N3O5S/c30-24(31)10-16-14-35-23(29-16)12-27-25(32)21-9-15(21)11-28-26(33)34-13-22-19-7-3-1-5-17(19)18-6-2-4-8-20(18)22/h1-8,14-15,21-22H,9-13H2,(H,27,32)(H,28,33)(H,30,31)/t15-,21-/m0/s1. The summed E-state index contributed by atoms with van der Waals surface area (Å²) in [6.45, 7) is 0.910. The van der Waals surface area contributed by atoms with E-state index in [1.165, 1.54) is 22.5 Å². The number of amides is 2. The monoisotopic (exact) mass is 491 g/mol. The highest BCUT2D eigenvalue weighted by Crippen LogP contribution is 2.44. The van der Waals surface area contributed by atoms with Crippen molar-refractivity contribution >= 4 is 29.3 Å². The van der Waals surface area contributed by atoms with Crippen LogP contribution in [0.3, 0.4) is 0 Å². The van der Waals surface area contributed by atoms with Gasteiger partial charge < -0.3 is 20.5 Å². The van der Waals surface area contributed by atoms with Gasteiger partial charge in [-0.1, -0.05) is 48.5 Å². The molecule has 1 fully saturated rings. The van der Waals surface area contributed by atoms with Crippen molar-refractivity contribution in [1.82, 2.24) is 15.6 Å². The van der Waals surface area contributed by atoms with Gasteiger partial charge in [0.05, 0.1) is 18.7 Å². The third-order valence-corrected chi connectivity index (χ3v) is 7.35. The summed E-state index contributed by atoms with van der Waals surface area (Å²) < 4.78 is 5.55. The number of carboxylic acids is 1. The molecule has 1 aromatic heterocycles. The summed E-state index contributed by atoms with van der Waals surface area (Å²) in [7, 11) is 0. The van der Waals surface area contributed by atoms with Gasteiger partial charge in [0.15, 0.2) is 0 Å². The number of hydrogen-bond acceptors (Lipinski definition) is 6. The van der Waals surface area contributed by atoms with Crippen LogP contribution in [0.5, 0.6) is 0 Å². The summed E-state index contributed by atoms with van der Waals surface area (Å²) in [6, 6.07) is 16.4. The second kappa shape index (κ2) is 9.87. The molecule has 3 aromatic rings. The van der Waals surface area contributed by atoms with Crippen molar-refractivity contribution in [2.24, 2.45) is 11.8 Å². The Balaban J connectivity index is 1.05. The number of carboxylic acid groups (broad SMARTS) is 1. The van der Waals surface area contributed by atoms with Gasteiger partial charge >= 0.3 is 12.1 Å². The Morgan fingerprint density at radius 2 is 1.71 bits per heavy atom. The smallest absolute Gasteiger partial charge is 0.407 e. The third kappa shape index (κ3) is 5.19. The van der Waals surface area contributed by atoms with Gasteiger partial charge in [0, 0.05) is 23.8 Å². The van der Waals surface area contributed by atoms with Gasteiger partial charge in [0.25, 0.3) is 0 Å². The fraction of sp³-hybridized carbons (Fsp3) is 0.308. The predicted octanol–water partition coefficient (Wildman–Crippen LogP) is 3.56. The molecule has 0 unspecified atom stereocenters. The van der Waals surface area contributed by atoms with Crippen LogP contribution in [-0.4, -0.2) is 41.2 Å². The lowest BCUT2D eigenvalue weighted by molar-refractivity contribution is -0.136. The van der Waals surface area contributed by atoms with Crippen molar-refractivity contribution in [1.29, 1.82) is 0 Å². The van der Waals surface area contributed by atoms with Crippen LogP contribution in [0.25, 0.3) is 11.1 Å². The van der Waals surface area contributed by atoms with Crippen LogP contribution in [0.15, 0.2) is 53.9 Å². The molecule has 180 valence electrons. The van der Waals surface area contributed by atoms with E-state index in [-0.39, 0.29) is 43.2 Å². The fourth-order valence-corrected chi connectivity index (χ4v) is 5.35. The van der Waals surface area contributed by atoms with Gasteiger partial charge in [0.2, 0.25) is 5.91 Å². The van der Waals surface area contributed by atoms with Crippen LogP contribution in [0, 0.1) is 11.8 Å². The molecule has 1 saturated carbocycles. The molecule has 2 aromatic carbocycles. The number of nitrogens with zero attached hydrogens (tertiary/aromatic N) is 1. The number of thiazole rings is 1. The van der Waals surface area contributed by atoms with Crippen molar-refractivity contribution < 1.29 is 24.2 Å². The Hall–Kier alpha value is -3.72. The van der Waals surface area contributed by atoms with Crippen molar-refractivity contribution in [3.63, 3.8) is 0 Å². The average Bonchev–Trinajstić information content (AvgIpc) is 3.39. The molecule has 0 radical (unpaired) electrons. The van der Waals surface area contributed by atoms with Gasteiger partial charge in [-0.2, -0.15) is 0 Å². The molecule has 5 rings (SSSR count). The molecular formula is C26H25N3O5S. The molecule has 0 aliphatic heterocycles. The van der Waals surface area contributed by atoms with Gasteiger partial charge in [0.1, 0.15) is 11.6 Å². The SMILES string of the molecule is O=C(O)Cc1csc(CNC(=O)[C@H]2C[C@H]2CNC(=O)OCC2c3ccccc3-c3ccccc32)n1. The quantitative estimate of drug-likeness (QED) is 0.421. The first kappa shape index (κ1) is 23.0. The minimum Gasteiger partial charge on any atom is -0.481 e. The highest BCUT2D eigenvalue weighted by Gasteiger charge is 2.43. The second-order valence-electron chi connectivity index (χ2n) is 8.83. The molecule has 3 N–H and O–H groups in total. The topological polar surface area (TPSA) is 118 Å². The van der Waals surface area contributed by atoms with E-state index in [0.717, 1.165) is 11.1 Å². The van der Waals surface area contributed by atoms with Gasteiger partial charge in [-0.05, 0) is 34.6 Å². The number of hydrogen-bond donors (Lipinski definition) is 3. The minimum atomic E-state index is -0.935. The van der Waals surface area contributed by atoms with E-state index in [2.05, 4.69) is 39.9 Å². The van der Waals surface area contributed by atoms with Crippen LogP contribution < -0.4 is 10.6 Å². The first-order valence-corrected chi connectivity index (χ1v) is 12.4. The van der Waals surface area contributed by atoms with Crippen LogP contribution in [0.4, 0.5) is 4.79 Å². The minimum absolute atomic E-state index is 0.00877. The summed E-state index contributed by atoms with van der Waals surface area (Å²) in [5, 5.41) is 16.8. The molecule has 8 nitrogen and oxygen atoms in total. The zero-order valence-corrected chi connectivity index (χ0v) is 19.7. The maximum Gasteiger partial charge on any atom is 0.407 e. The second-order valence-corrected chi connectivity index (χ2v) is 9.77. The number of aromatic nitrogens is 1. The summed E-state index contributed by atoms with van der Waals surface area (Å²) in [6.07, 6.45) is 0.0977. The summed E-state index contributed by atoms with van der Waals surface area (Å²) in [4.78, 5) is 39.7. The maximum absolute atomic E-state index is 12.4. The van der Waals surface area contributed by atoms with Crippen LogP contribution >= 0.6 is 11.3 Å². The van der Waals surface area contributed by atoms with E-state index in [1.54, 1.807) is 5.38 Å². The molecule has 0 spiro atoms. The lowest BCUT2D eigenvalue weighted by Gasteiger charge is -2.14. The number of benzene rings is 2. The predicted molar refractivity (Wildman–Crippen MR) is 130 cm³/mol. The first-order valence-electron chi connectivity index (χ1n) is 11.5. The molecule has 35 heavy (non-hydrogen) atoms. The number of nitrogens with one attached hydrogen (secondary N) is 2. The molecule has 0 saturated heterocycles. The maximum atomic E-state index is 12.4. The Labute approximate surface area is 206 Å². The number of rotatable bonds is 9. The number of fused-ring (bicyclic) bond motifs is 3. The summed E-state index contributed by atoms with van der Waals surface area (Å²) in [5.41, 5.74) is 5.18. The molecular weight excluding hydrogens is 466 g/mol. The molecule has 2 aliphatic rings. The number of carbonyl (C=O) groups is 3. The largest absolute Gasteiger partial charge is 0.481 e. The summed E-state index contributed by atoms with van der Waals surface area (Å²) >= 11 is 1.33. The Kier molecular flexibility index (Phi) is 6.50. The van der Waals surface area contributed by atoms with Crippen molar-refractivity contribution in [3.8, 4) is 11.1 Å². The normalized spacial score (nSPS) is 17.8. The zero-order valence-electron chi connectivity index (χ0n) is 18.9. The number of ether oxygens (including phenoxy) is 1. The highest BCUT2D eigenvalue weighted by molar-refractivity contribution is 7.09. The van der Waals surface area contributed by atoms with Crippen LogP contribution in [0.2, 0.25) is 0 Å². The van der Waals surface area contributed by atoms with Crippen LogP contribution in [0.1, 0.15) is 34.2 Å². The molecule has 2 atom stereocenters. The number of alkyl carbamates (subject to hydrolysis) is 1. The fourth-order valence-electron chi connectivity index (χ4n) is 4.62. The van der Waals surface area contributed by atoms with E-state index in [4.69, 9.17) is 9.84 Å². The van der Waals surface area contributed by atoms with Crippen molar-refractivity contribution in [3.05, 3.63) is 75.7 Å². The van der Waals surface area contributed by atoms with Gasteiger partial charge in [-0.3, -0.25) is 9.59 Å². The van der Waals surface area contributed by atoms with Crippen molar-refractivity contribution in [2.45, 2.75) is 25.3 Å². The van der Waals surface area contributed by atoms with E-state index in [0.29, 0.717) is 23.7 Å². The van der Waals surface area contributed by atoms with Crippen LogP contribution in [-0.2, 0) is 27.3 Å². The molecule has 2 amide bonds. The van der Waals surface area contributed by atoms with Gasteiger partial charge in [-0.25, -0.2) is 9.78 Å². The average molecular weight is 492 g/mol. The highest BCUT2D eigenvalue weighted by atomic mass is 32.1. The molecule has 1 heterocycles. The molecule has 9 heteroatoms. The first-order chi connectivity index (χ1) is 17.0. The van der Waals surface area contributed by atoms with E-state index >= 15 is 0 Å². The number of aliphatic carboxylic acids is 1. The van der Waals surface area contributed by atoms with E-state index < -0.39 is 12.1 Å². The number of carbonyl (C=O) groups excluding carboxylic acids is 2. The van der Waals surface area contributed by atoms with E-state index in [1.807, 2.05) is 24.3 Å². The Morgan fingerprint density at radius 1 is 1.03 bits per heavy atom. The van der Waals surface area contributed by atoms with Gasteiger partial charge in [-0.15, -0.1) is 11.3 Å². The summed E-state index contributed by atoms with van der Waals surface area (Å²) in [5.74, 6) is -1.08. The lowest BCUT2D eigenvalue weighted by Crippen LogP contribution is -2.30. The molecule has 2 aliphatic carbocycles.